The van der Waals surface area contributed by atoms with Crippen LogP contribution in [0.5, 0.6) is 0 Å². The molecule has 1 N–H and O–H groups in total. The van der Waals surface area contributed by atoms with Crippen molar-refractivity contribution in [3.63, 3.8) is 0 Å². The topological polar surface area (TPSA) is 72.5 Å². The number of Topliss-reactive ketones (excluding diaryl/α,β-unsaturated/α-hetero) is 1. The highest BCUT2D eigenvalue weighted by atomic mass is 16.5. The summed E-state index contributed by atoms with van der Waals surface area (Å²) in [7, 11) is 0. The van der Waals surface area contributed by atoms with E-state index in [1.54, 1.807) is 0 Å². The van der Waals surface area contributed by atoms with Gasteiger partial charge in [-0.3, -0.25) is 14.4 Å². The quantitative estimate of drug-likeness (QED) is 0.279. The molecule has 1 amide bonds. The van der Waals surface area contributed by atoms with Crippen molar-refractivity contribution in [2.75, 3.05) is 13.2 Å². The monoisotopic (exact) mass is 427 g/mol. The third-order valence-electron chi connectivity index (χ3n) is 4.48. The predicted molar refractivity (Wildman–Crippen MR) is 125 cm³/mol. The highest BCUT2D eigenvalue weighted by Gasteiger charge is 2.10. The van der Waals surface area contributed by atoms with Crippen LogP contribution in [0.3, 0.4) is 0 Å². The lowest BCUT2D eigenvalue weighted by Gasteiger charge is -2.17. The van der Waals surface area contributed by atoms with Gasteiger partial charge in [-0.05, 0) is 50.4 Å². The molecule has 0 saturated carbocycles. The summed E-state index contributed by atoms with van der Waals surface area (Å²) in [5, 5.41) is 2.59. The number of carbonyl (C=O) groups excluding carboxylic acids is 3. The highest BCUT2D eigenvalue weighted by molar-refractivity contribution is 5.84. The molecule has 0 aliphatic rings. The molecule has 0 saturated heterocycles. The maximum Gasteiger partial charge on any atom is 0.305 e. The number of ketones is 1. The molecule has 0 bridgehead atoms. The Kier molecular flexibility index (Phi) is 17.8. The highest BCUT2D eigenvalue weighted by Crippen LogP contribution is 2.23. The number of esters is 1. The van der Waals surface area contributed by atoms with Crippen molar-refractivity contribution in [3.8, 4) is 0 Å². The Morgan fingerprint density at radius 1 is 0.733 bits per heavy atom. The molecular weight excluding hydrogens is 378 g/mol. The standard InChI is InChI=1S/C13H26O2.C12H23NO2/c1-5-15-12(14)10-8-6-7-9-11-13(2,3)4;1-10(14)9-13-11(15)7-5-6-8-12(2,3)4/h5-11H2,1-4H3;5-9H2,1-4H3,(H,13,15). The van der Waals surface area contributed by atoms with Crippen molar-refractivity contribution in [2.45, 2.75) is 120 Å². The number of ether oxygens (including phenoxy) is 1. The first-order chi connectivity index (χ1) is 13.8. The molecule has 178 valence electrons. The molecule has 0 radical (unpaired) electrons. The van der Waals surface area contributed by atoms with E-state index in [1.165, 1.54) is 26.2 Å². The van der Waals surface area contributed by atoms with E-state index in [9.17, 15) is 14.4 Å². The normalized spacial score (nSPS) is 11.3. The Morgan fingerprint density at radius 3 is 1.67 bits per heavy atom. The number of amides is 1. The Balaban J connectivity index is 0. The first-order valence-electron chi connectivity index (χ1n) is 11.7. The SMILES string of the molecule is CC(=O)CNC(=O)CCCCC(C)(C)C.CCOC(=O)CCCCCCC(C)(C)C. The van der Waals surface area contributed by atoms with Crippen LogP contribution >= 0.6 is 0 Å². The minimum Gasteiger partial charge on any atom is -0.466 e. The van der Waals surface area contributed by atoms with Crippen molar-refractivity contribution in [1.29, 1.82) is 0 Å². The Morgan fingerprint density at radius 2 is 1.20 bits per heavy atom. The van der Waals surface area contributed by atoms with Crippen LogP contribution in [0.15, 0.2) is 0 Å². The first kappa shape index (κ1) is 30.8. The second-order valence-corrected chi connectivity index (χ2v) is 10.5. The van der Waals surface area contributed by atoms with Gasteiger partial charge < -0.3 is 10.1 Å². The lowest BCUT2D eigenvalue weighted by Crippen LogP contribution is -2.27. The molecule has 5 nitrogen and oxygen atoms in total. The van der Waals surface area contributed by atoms with Gasteiger partial charge in [-0.1, -0.05) is 67.2 Å². The smallest absolute Gasteiger partial charge is 0.305 e. The van der Waals surface area contributed by atoms with Gasteiger partial charge in [-0.2, -0.15) is 0 Å². The van der Waals surface area contributed by atoms with Gasteiger partial charge in [-0.15, -0.1) is 0 Å². The summed E-state index contributed by atoms with van der Waals surface area (Å²) in [4.78, 5) is 32.8. The average molecular weight is 428 g/mol. The third kappa shape index (κ3) is 28.8. The Hall–Kier alpha value is -1.39. The van der Waals surface area contributed by atoms with E-state index in [0.717, 1.165) is 32.1 Å². The van der Waals surface area contributed by atoms with Gasteiger partial charge in [0, 0.05) is 12.8 Å². The van der Waals surface area contributed by atoms with Crippen molar-refractivity contribution in [3.05, 3.63) is 0 Å². The zero-order valence-electron chi connectivity index (χ0n) is 21.1. The maximum absolute atomic E-state index is 11.2. The van der Waals surface area contributed by atoms with E-state index in [0.29, 0.717) is 30.3 Å². The van der Waals surface area contributed by atoms with E-state index < -0.39 is 0 Å². The van der Waals surface area contributed by atoms with E-state index >= 15 is 0 Å². The van der Waals surface area contributed by atoms with Crippen molar-refractivity contribution < 1.29 is 19.1 Å². The largest absolute Gasteiger partial charge is 0.466 e. The molecule has 0 unspecified atom stereocenters. The number of rotatable bonds is 13. The number of nitrogens with one attached hydrogen (secondary N) is 1. The molecule has 30 heavy (non-hydrogen) atoms. The van der Waals surface area contributed by atoms with Gasteiger partial charge in [0.25, 0.3) is 0 Å². The zero-order valence-corrected chi connectivity index (χ0v) is 21.1. The summed E-state index contributed by atoms with van der Waals surface area (Å²) in [6.45, 7) is 17.4. The molecule has 0 rings (SSSR count). The number of unbranched alkanes of at least 4 members (excludes halogenated alkanes) is 4. The first-order valence-corrected chi connectivity index (χ1v) is 11.7. The van der Waals surface area contributed by atoms with Crippen LogP contribution in [0.4, 0.5) is 0 Å². The van der Waals surface area contributed by atoms with Gasteiger partial charge in [0.2, 0.25) is 5.91 Å². The molecule has 0 aliphatic heterocycles. The van der Waals surface area contributed by atoms with Gasteiger partial charge in [-0.25, -0.2) is 0 Å². The van der Waals surface area contributed by atoms with Crippen molar-refractivity contribution in [1.82, 2.24) is 5.32 Å². The van der Waals surface area contributed by atoms with E-state index in [-0.39, 0.29) is 24.2 Å². The minimum atomic E-state index is -0.0479. The predicted octanol–water partition coefficient (Wildman–Crippen LogP) is 6.23. The molecule has 0 atom stereocenters. The van der Waals surface area contributed by atoms with Crippen LogP contribution in [0.2, 0.25) is 0 Å². The van der Waals surface area contributed by atoms with Crippen LogP contribution in [-0.2, 0) is 19.1 Å². The molecule has 0 aromatic rings. The molecule has 0 aromatic carbocycles. The summed E-state index contributed by atoms with van der Waals surface area (Å²) in [6.07, 6.45) is 10.1. The van der Waals surface area contributed by atoms with Crippen molar-refractivity contribution >= 4 is 17.7 Å². The van der Waals surface area contributed by atoms with Crippen LogP contribution in [-0.4, -0.2) is 30.8 Å². The van der Waals surface area contributed by atoms with Crippen LogP contribution in [0, 0.1) is 10.8 Å². The van der Waals surface area contributed by atoms with Gasteiger partial charge in [0.05, 0.1) is 13.2 Å². The third-order valence-corrected chi connectivity index (χ3v) is 4.48. The molecule has 0 aromatic heterocycles. The fourth-order valence-corrected chi connectivity index (χ4v) is 2.76. The fraction of sp³-hybridized carbons (Fsp3) is 0.880. The zero-order chi connectivity index (χ0) is 23.6. The maximum atomic E-state index is 11.2. The fourth-order valence-electron chi connectivity index (χ4n) is 2.76. The second kappa shape index (κ2) is 17.3. The minimum absolute atomic E-state index is 0.00181. The summed E-state index contributed by atoms with van der Waals surface area (Å²) < 4.78 is 4.86. The van der Waals surface area contributed by atoms with E-state index in [4.69, 9.17) is 4.74 Å². The van der Waals surface area contributed by atoms with Crippen molar-refractivity contribution in [2.24, 2.45) is 10.8 Å². The summed E-state index contributed by atoms with van der Waals surface area (Å²) in [6, 6.07) is 0. The van der Waals surface area contributed by atoms with E-state index in [1.807, 2.05) is 6.92 Å². The summed E-state index contributed by atoms with van der Waals surface area (Å²) in [5.74, 6) is -0.0644. The van der Waals surface area contributed by atoms with Gasteiger partial charge in [0.15, 0.2) is 0 Å². The Labute approximate surface area is 186 Å². The molecule has 5 heteroatoms. The van der Waals surface area contributed by atoms with Gasteiger partial charge >= 0.3 is 5.97 Å². The lowest BCUT2D eigenvalue weighted by atomic mass is 9.89. The molecule has 0 aliphatic carbocycles. The number of carbonyl (C=O) groups is 3. The molecule has 0 fully saturated rings. The lowest BCUT2D eigenvalue weighted by molar-refractivity contribution is -0.143. The van der Waals surface area contributed by atoms with Crippen LogP contribution < -0.4 is 5.32 Å². The Bertz CT molecular complexity index is 473. The molecule has 0 heterocycles. The van der Waals surface area contributed by atoms with Crippen LogP contribution in [0.1, 0.15) is 120 Å². The van der Waals surface area contributed by atoms with Crippen LogP contribution in [0.25, 0.3) is 0 Å². The number of hydrogen-bond donors (Lipinski definition) is 1. The molecule has 0 spiro atoms. The van der Waals surface area contributed by atoms with Gasteiger partial charge in [0.1, 0.15) is 5.78 Å². The summed E-state index contributed by atoms with van der Waals surface area (Å²) in [5.41, 5.74) is 0.789. The number of hydrogen-bond acceptors (Lipinski definition) is 4. The second-order valence-electron chi connectivity index (χ2n) is 10.5. The van der Waals surface area contributed by atoms with E-state index in [2.05, 4.69) is 46.9 Å². The average Bonchev–Trinajstić information content (AvgIpc) is 2.59. The summed E-state index contributed by atoms with van der Waals surface area (Å²) >= 11 is 0. The molecular formula is C25H49NO4.